The fourth-order valence-electron chi connectivity index (χ4n) is 1.68. The van der Waals surface area contributed by atoms with E-state index in [1.165, 1.54) is 0 Å². The number of aromatic nitrogens is 2. The maximum atomic E-state index is 6.10. The summed E-state index contributed by atoms with van der Waals surface area (Å²) in [6.07, 6.45) is 0.728. The Morgan fingerprint density at radius 2 is 2.11 bits per heavy atom. The molecule has 0 aliphatic heterocycles. The van der Waals surface area contributed by atoms with Crippen LogP contribution in [0.25, 0.3) is 0 Å². The van der Waals surface area contributed by atoms with Gasteiger partial charge in [-0.3, -0.25) is 0 Å². The van der Waals surface area contributed by atoms with E-state index < -0.39 is 6.04 Å². The summed E-state index contributed by atoms with van der Waals surface area (Å²) >= 11 is 6.10. The molecule has 1 aromatic heterocycles. The fraction of sp³-hybridized carbons (Fsp3) is 0.385. The van der Waals surface area contributed by atoms with E-state index >= 15 is 0 Å². The van der Waals surface area contributed by atoms with E-state index in [-0.39, 0.29) is 0 Å². The lowest BCUT2D eigenvalue weighted by molar-refractivity contribution is 0.357. The first kappa shape index (κ1) is 14.0. The molecule has 1 heterocycles. The van der Waals surface area contributed by atoms with Crippen molar-refractivity contribution in [3.05, 3.63) is 46.6 Å². The number of nitrogens with two attached hydrogens (primary N) is 1. The average molecular weight is 281 g/mol. The van der Waals surface area contributed by atoms with Gasteiger partial charge >= 0.3 is 0 Å². The molecule has 0 saturated heterocycles. The molecule has 2 aromatic rings. The minimum atomic E-state index is -0.491. The molecule has 2 N–H and O–H groups in total. The molecular weight excluding hydrogens is 264 g/mol. The Hall–Kier alpha value is -1.43. The standard InChI is InChI=1S/C13H17ClN4O/c1-18(2)8-7-11-16-13(19-17-11)12(15)9-5-3-4-6-10(9)14/h3-6,12H,7-8,15H2,1-2H3/t12-/m1/s1. The zero-order valence-electron chi connectivity index (χ0n) is 11.0. The molecule has 0 aliphatic carbocycles. The Kier molecular flexibility index (Phi) is 4.52. The van der Waals surface area contributed by atoms with Crippen molar-refractivity contribution in [3.8, 4) is 0 Å². The number of hydrogen-bond acceptors (Lipinski definition) is 5. The van der Waals surface area contributed by atoms with Gasteiger partial charge in [-0.15, -0.1) is 0 Å². The topological polar surface area (TPSA) is 68.2 Å². The molecular formula is C13H17ClN4O. The first-order valence-corrected chi connectivity index (χ1v) is 6.43. The zero-order chi connectivity index (χ0) is 13.8. The third-order valence-corrected chi connectivity index (χ3v) is 3.12. The Balaban J connectivity index is 2.12. The molecule has 6 heteroatoms. The second-order valence-corrected chi connectivity index (χ2v) is 5.01. The van der Waals surface area contributed by atoms with Crippen LogP contribution in [0.15, 0.2) is 28.8 Å². The lowest BCUT2D eigenvalue weighted by Gasteiger charge is -2.08. The molecule has 0 radical (unpaired) electrons. The predicted molar refractivity (Wildman–Crippen MR) is 74.0 cm³/mol. The third-order valence-electron chi connectivity index (χ3n) is 2.77. The Bertz CT molecular complexity index is 541. The van der Waals surface area contributed by atoms with Crippen LogP contribution >= 0.6 is 11.6 Å². The van der Waals surface area contributed by atoms with Gasteiger partial charge in [0.25, 0.3) is 0 Å². The SMILES string of the molecule is CN(C)CCc1noc([C@H](N)c2ccccc2Cl)n1. The van der Waals surface area contributed by atoms with Crippen LogP contribution < -0.4 is 5.73 Å². The van der Waals surface area contributed by atoms with Gasteiger partial charge in [-0.1, -0.05) is 35.0 Å². The number of rotatable bonds is 5. The molecule has 19 heavy (non-hydrogen) atoms. The smallest absolute Gasteiger partial charge is 0.248 e. The third kappa shape index (κ3) is 3.53. The van der Waals surface area contributed by atoms with Gasteiger partial charge in [-0.2, -0.15) is 4.98 Å². The van der Waals surface area contributed by atoms with E-state index in [0.29, 0.717) is 16.7 Å². The van der Waals surface area contributed by atoms with Crippen molar-refractivity contribution in [2.45, 2.75) is 12.5 Å². The maximum Gasteiger partial charge on any atom is 0.248 e. The molecule has 0 saturated carbocycles. The lowest BCUT2D eigenvalue weighted by Crippen LogP contribution is -2.16. The van der Waals surface area contributed by atoms with Crippen molar-refractivity contribution < 1.29 is 4.52 Å². The van der Waals surface area contributed by atoms with Gasteiger partial charge in [0.15, 0.2) is 5.82 Å². The first-order valence-electron chi connectivity index (χ1n) is 6.05. The van der Waals surface area contributed by atoms with Gasteiger partial charge in [-0.05, 0) is 25.7 Å². The summed E-state index contributed by atoms with van der Waals surface area (Å²) in [5.74, 6) is 1.05. The van der Waals surface area contributed by atoms with Crippen LogP contribution in [0.3, 0.4) is 0 Å². The number of hydrogen-bond donors (Lipinski definition) is 1. The Labute approximate surface area is 117 Å². The number of halogens is 1. The van der Waals surface area contributed by atoms with Gasteiger partial charge < -0.3 is 15.2 Å². The molecule has 0 unspecified atom stereocenters. The van der Waals surface area contributed by atoms with Crippen LogP contribution in [-0.2, 0) is 6.42 Å². The average Bonchev–Trinajstić information content (AvgIpc) is 2.85. The maximum absolute atomic E-state index is 6.10. The minimum absolute atomic E-state index is 0.391. The summed E-state index contributed by atoms with van der Waals surface area (Å²) in [5, 5.41) is 4.53. The van der Waals surface area contributed by atoms with Crippen LogP contribution in [-0.4, -0.2) is 35.7 Å². The largest absolute Gasteiger partial charge is 0.337 e. The van der Waals surface area contributed by atoms with Crippen molar-refractivity contribution in [2.24, 2.45) is 5.73 Å². The van der Waals surface area contributed by atoms with E-state index in [0.717, 1.165) is 18.5 Å². The summed E-state index contributed by atoms with van der Waals surface area (Å²) in [6, 6.07) is 6.89. The van der Waals surface area contributed by atoms with Crippen LogP contribution in [0.4, 0.5) is 0 Å². The lowest BCUT2D eigenvalue weighted by atomic mass is 10.1. The van der Waals surface area contributed by atoms with Crippen molar-refractivity contribution in [3.63, 3.8) is 0 Å². The summed E-state index contributed by atoms with van der Waals surface area (Å²) in [5.41, 5.74) is 6.88. The van der Waals surface area contributed by atoms with Crippen LogP contribution in [0, 0.1) is 0 Å². The molecule has 0 spiro atoms. The van der Waals surface area contributed by atoms with E-state index in [1.807, 2.05) is 32.3 Å². The highest BCUT2D eigenvalue weighted by atomic mass is 35.5. The van der Waals surface area contributed by atoms with E-state index in [1.54, 1.807) is 6.07 Å². The Morgan fingerprint density at radius 3 is 2.79 bits per heavy atom. The molecule has 0 amide bonds. The van der Waals surface area contributed by atoms with Crippen molar-refractivity contribution in [1.82, 2.24) is 15.0 Å². The van der Waals surface area contributed by atoms with Gasteiger partial charge in [-0.25, -0.2) is 0 Å². The Morgan fingerprint density at radius 1 is 1.37 bits per heavy atom. The number of benzene rings is 1. The van der Waals surface area contributed by atoms with E-state index in [4.69, 9.17) is 21.9 Å². The molecule has 102 valence electrons. The zero-order valence-corrected chi connectivity index (χ0v) is 11.8. The van der Waals surface area contributed by atoms with Gasteiger partial charge in [0, 0.05) is 18.0 Å². The number of likely N-dealkylation sites (N-methyl/N-ethyl adjacent to an activating group) is 1. The summed E-state index contributed by atoms with van der Waals surface area (Å²) in [7, 11) is 3.99. The fourth-order valence-corrected chi connectivity index (χ4v) is 1.93. The normalized spacial score (nSPS) is 12.9. The van der Waals surface area contributed by atoms with Crippen LogP contribution in [0.2, 0.25) is 5.02 Å². The van der Waals surface area contributed by atoms with Crippen molar-refractivity contribution in [1.29, 1.82) is 0 Å². The second kappa shape index (κ2) is 6.14. The molecule has 1 aromatic carbocycles. The highest BCUT2D eigenvalue weighted by Crippen LogP contribution is 2.25. The van der Waals surface area contributed by atoms with Gasteiger partial charge in [0.2, 0.25) is 5.89 Å². The van der Waals surface area contributed by atoms with Crippen molar-refractivity contribution in [2.75, 3.05) is 20.6 Å². The molecule has 5 nitrogen and oxygen atoms in total. The summed E-state index contributed by atoms with van der Waals surface area (Å²) < 4.78 is 5.20. The van der Waals surface area contributed by atoms with Gasteiger partial charge in [0.1, 0.15) is 6.04 Å². The highest BCUT2D eigenvalue weighted by molar-refractivity contribution is 6.31. The molecule has 0 fully saturated rings. The quantitative estimate of drug-likeness (QED) is 0.906. The van der Waals surface area contributed by atoms with Crippen LogP contribution in [0.5, 0.6) is 0 Å². The van der Waals surface area contributed by atoms with Gasteiger partial charge in [0.05, 0.1) is 0 Å². The van der Waals surface area contributed by atoms with E-state index in [2.05, 4.69) is 15.0 Å². The first-order chi connectivity index (χ1) is 9.08. The van der Waals surface area contributed by atoms with Crippen molar-refractivity contribution >= 4 is 11.6 Å². The molecule has 2 rings (SSSR count). The molecule has 0 bridgehead atoms. The number of nitrogens with zero attached hydrogens (tertiary/aromatic N) is 3. The highest BCUT2D eigenvalue weighted by Gasteiger charge is 2.18. The van der Waals surface area contributed by atoms with Crippen LogP contribution in [0.1, 0.15) is 23.3 Å². The molecule has 1 atom stereocenters. The second-order valence-electron chi connectivity index (χ2n) is 4.60. The minimum Gasteiger partial charge on any atom is -0.337 e. The monoisotopic (exact) mass is 280 g/mol. The predicted octanol–water partition coefficient (Wildman–Crippen LogP) is 1.88. The van der Waals surface area contributed by atoms with E-state index in [9.17, 15) is 0 Å². The molecule has 0 aliphatic rings. The summed E-state index contributed by atoms with van der Waals surface area (Å²) in [6.45, 7) is 0.861. The summed E-state index contributed by atoms with van der Waals surface area (Å²) in [4.78, 5) is 6.37.